The van der Waals surface area contributed by atoms with E-state index >= 15 is 0 Å². The summed E-state index contributed by atoms with van der Waals surface area (Å²) in [5, 5.41) is 12.4. The van der Waals surface area contributed by atoms with Crippen molar-refractivity contribution >= 4 is 17.8 Å². The van der Waals surface area contributed by atoms with E-state index in [4.69, 9.17) is 4.42 Å². The molecule has 0 saturated carbocycles. The van der Waals surface area contributed by atoms with Gasteiger partial charge in [-0.3, -0.25) is 9.59 Å². The number of hydrogen-bond donors (Lipinski definition) is 2. The molecule has 0 aliphatic carbocycles. The molecule has 1 heterocycles. The van der Waals surface area contributed by atoms with Crippen LogP contribution in [0.2, 0.25) is 0 Å². The molecule has 2 N–H and O–H groups in total. The van der Waals surface area contributed by atoms with Gasteiger partial charge in [-0.05, 0) is 44.6 Å². The highest BCUT2D eigenvalue weighted by molar-refractivity contribution is 5.93. The Hall–Kier alpha value is -3.16. The summed E-state index contributed by atoms with van der Waals surface area (Å²) in [5.74, 6) is -0.300. The molecule has 0 bridgehead atoms. The first-order chi connectivity index (χ1) is 19.8. The molecule has 2 amide bonds. The maximum Gasteiger partial charge on any atom is 0.326 e. The number of aliphatic carboxylic acids is 1. The first-order valence-corrected chi connectivity index (χ1v) is 15.7. The van der Waals surface area contributed by atoms with Gasteiger partial charge in [-0.2, -0.15) is 0 Å². The molecule has 1 atom stereocenters. The second kappa shape index (κ2) is 19.8. The van der Waals surface area contributed by atoms with Crippen LogP contribution in [0.1, 0.15) is 131 Å². The molecule has 8 heteroatoms. The number of hydrogen-bond acceptors (Lipinski definition) is 5. The summed E-state index contributed by atoms with van der Waals surface area (Å²) in [6, 6.07) is 8.86. The minimum atomic E-state index is -1.02. The summed E-state index contributed by atoms with van der Waals surface area (Å²) in [5.41, 5.74) is 1.35. The van der Waals surface area contributed by atoms with E-state index < -0.39 is 12.0 Å². The van der Waals surface area contributed by atoms with Crippen LogP contribution in [0.5, 0.6) is 0 Å². The highest BCUT2D eigenvalue weighted by Gasteiger charge is 2.24. The third-order valence-corrected chi connectivity index (χ3v) is 7.35. The number of carbonyl (C=O) groups is 3. The normalized spacial score (nSPS) is 11.8. The maximum atomic E-state index is 13.5. The van der Waals surface area contributed by atoms with Gasteiger partial charge in [-0.25, -0.2) is 9.78 Å². The third kappa shape index (κ3) is 13.4. The average Bonchev–Trinajstić information content (AvgIpc) is 3.33. The van der Waals surface area contributed by atoms with E-state index in [9.17, 15) is 19.5 Å². The monoisotopic (exact) mass is 569 g/mol. The molecule has 0 aliphatic heterocycles. The molecule has 1 aromatic heterocycles. The average molecular weight is 570 g/mol. The van der Waals surface area contributed by atoms with E-state index in [1.807, 2.05) is 30.3 Å². The number of rotatable bonds is 22. The number of nitrogens with one attached hydrogen (secondary N) is 1. The Morgan fingerprint density at radius 3 is 2.24 bits per heavy atom. The van der Waals surface area contributed by atoms with Gasteiger partial charge < -0.3 is 19.7 Å². The van der Waals surface area contributed by atoms with Gasteiger partial charge in [0.15, 0.2) is 11.6 Å². The lowest BCUT2D eigenvalue weighted by atomic mass is 10.1. The molecule has 0 fully saturated rings. The number of aryl methyl sites for hydroxylation is 2. The van der Waals surface area contributed by atoms with Crippen molar-refractivity contribution in [3.05, 3.63) is 53.2 Å². The zero-order chi connectivity index (χ0) is 29.9. The predicted molar refractivity (Wildman–Crippen MR) is 162 cm³/mol. The van der Waals surface area contributed by atoms with E-state index in [1.165, 1.54) is 25.7 Å². The minimum Gasteiger partial charge on any atom is -0.480 e. The van der Waals surface area contributed by atoms with Crippen molar-refractivity contribution in [2.75, 3.05) is 6.54 Å². The van der Waals surface area contributed by atoms with Crippen molar-refractivity contribution in [1.82, 2.24) is 15.2 Å². The van der Waals surface area contributed by atoms with Crippen LogP contribution in [-0.4, -0.2) is 45.4 Å². The smallest absolute Gasteiger partial charge is 0.326 e. The van der Waals surface area contributed by atoms with Gasteiger partial charge in [0.05, 0.1) is 0 Å². The highest BCUT2D eigenvalue weighted by atomic mass is 16.4. The minimum absolute atomic E-state index is 0.186. The van der Waals surface area contributed by atoms with Gasteiger partial charge in [0.2, 0.25) is 5.91 Å². The first-order valence-electron chi connectivity index (χ1n) is 15.7. The second-order valence-electron chi connectivity index (χ2n) is 11.0. The molecular weight excluding hydrogens is 518 g/mol. The van der Waals surface area contributed by atoms with Gasteiger partial charge in [0.1, 0.15) is 11.8 Å². The SMILES string of the molecule is CCCCCCCCCC(=O)NC(CCCCN(Cc1ccccc1)C(=O)c1nc(CCCCC)oc1C)C(=O)O. The van der Waals surface area contributed by atoms with E-state index in [-0.39, 0.29) is 11.8 Å². The zero-order valence-electron chi connectivity index (χ0n) is 25.5. The van der Waals surface area contributed by atoms with Gasteiger partial charge in [-0.15, -0.1) is 0 Å². The first kappa shape index (κ1) is 34.0. The molecule has 2 rings (SSSR count). The van der Waals surface area contributed by atoms with Crippen molar-refractivity contribution < 1.29 is 23.9 Å². The van der Waals surface area contributed by atoms with Crippen LogP contribution in [0, 0.1) is 6.92 Å². The predicted octanol–water partition coefficient (Wildman–Crippen LogP) is 7.24. The van der Waals surface area contributed by atoms with Crippen LogP contribution in [0.4, 0.5) is 0 Å². The maximum absolute atomic E-state index is 13.5. The van der Waals surface area contributed by atoms with Crippen molar-refractivity contribution in [1.29, 1.82) is 0 Å². The van der Waals surface area contributed by atoms with Crippen molar-refractivity contribution in [2.24, 2.45) is 0 Å². The van der Waals surface area contributed by atoms with Crippen LogP contribution in [0.25, 0.3) is 0 Å². The Bertz CT molecular complexity index is 1040. The zero-order valence-corrected chi connectivity index (χ0v) is 25.5. The summed E-state index contributed by atoms with van der Waals surface area (Å²) < 4.78 is 5.80. The molecular formula is C33H51N3O5. The van der Waals surface area contributed by atoms with Crippen molar-refractivity contribution in [3.63, 3.8) is 0 Å². The topological polar surface area (TPSA) is 113 Å². The molecule has 228 valence electrons. The fraction of sp³-hybridized carbons (Fsp3) is 0.636. The van der Waals surface area contributed by atoms with Gasteiger partial charge in [0, 0.05) is 25.9 Å². The fourth-order valence-corrected chi connectivity index (χ4v) is 4.91. The molecule has 1 unspecified atom stereocenters. The number of amides is 2. The van der Waals surface area contributed by atoms with E-state index in [1.54, 1.807) is 11.8 Å². The summed E-state index contributed by atoms with van der Waals surface area (Å²) in [6.45, 7) is 6.98. The van der Waals surface area contributed by atoms with E-state index in [0.717, 1.165) is 44.1 Å². The van der Waals surface area contributed by atoms with Gasteiger partial charge >= 0.3 is 5.97 Å². The standard InChI is InChI=1S/C33H51N3O5/c1-4-6-8-9-10-11-16-22-29(37)34-28(33(39)40)21-17-18-24-36(25-27-19-14-12-15-20-27)32(38)31-26(3)41-30(35-31)23-13-7-5-2/h12,14-15,19-20,28H,4-11,13,16-18,21-25H2,1-3H3,(H,34,37)(H,39,40). The van der Waals surface area contributed by atoms with Crippen LogP contribution in [0.15, 0.2) is 34.7 Å². The molecule has 8 nitrogen and oxygen atoms in total. The second-order valence-corrected chi connectivity index (χ2v) is 11.0. The summed E-state index contributed by atoms with van der Waals surface area (Å²) in [7, 11) is 0. The van der Waals surface area contributed by atoms with Crippen LogP contribution >= 0.6 is 0 Å². The Labute approximate surface area is 246 Å². The summed E-state index contributed by atoms with van der Waals surface area (Å²) in [6.07, 6.45) is 13.5. The summed E-state index contributed by atoms with van der Waals surface area (Å²) in [4.78, 5) is 44.0. The van der Waals surface area contributed by atoms with Gasteiger partial charge in [0.25, 0.3) is 5.91 Å². The van der Waals surface area contributed by atoms with Crippen LogP contribution < -0.4 is 5.32 Å². The number of carboxylic acids is 1. The molecule has 1 aromatic carbocycles. The lowest BCUT2D eigenvalue weighted by Crippen LogP contribution is -2.40. The number of benzene rings is 1. The quantitative estimate of drug-likeness (QED) is 0.145. The molecule has 2 aromatic rings. The Morgan fingerprint density at radius 1 is 0.902 bits per heavy atom. The molecule has 0 aliphatic rings. The molecule has 0 saturated heterocycles. The number of aromatic nitrogens is 1. The molecule has 41 heavy (non-hydrogen) atoms. The number of unbranched alkanes of at least 4 members (excludes halogenated alkanes) is 9. The highest BCUT2D eigenvalue weighted by Crippen LogP contribution is 2.18. The number of carbonyl (C=O) groups excluding carboxylic acids is 2. The van der Waals surface area contributed by atoms with E-state index in [0.29, 0.717) is 62.5 Å². The van der Waals surface area contributed by atoms with Crippen molar-refractivity contribution in [2.45, 2.75) is 130 Å². The molecule has 0 radical (unpaired) electrons. The van der Waals surface area contributed by atoms with Gasteiger partial charge in [-0.1, -0.05) is 95.5 Å². The number of nitrogens with zero attached hydrogens (tertiary/aromatic N) is 2. The number of carboxylic acid groups (broad SMARTS) is 1. The lowest BCUT2D eigenvalue weighted by molar-refractivity contribution is -0.142. The Kier molecular flexibility index (Phi) is 16.5. The van der Waals surface area contributed by atoms with Crippen LogP contribution in [0.3, 0.4) is 0 Å². The van der Waals surface area contributed by atoms with Crippen LogP contribution in [-0.2, 0) is 22.6 Å². The largest absolute Gasteiger partial charge is 0.480 e. The summed E-state index contributed by atoms with van der Waals surface area (Å²) >= 11 is 0. The fourth-order valence-electron chi connectivity index (χ4n) is 4.91. The van der Waals surface area contributed by atoms with Crippen molar-refractivity contribution in [3.8, 4) is 0 Å². The number of oxazole rings is 1. The Morgan fingerprint density at radius 2 is 1.56 bits per heavy atom. The lowest BCUT2D eigenvalue weighted by Gasteiger charge is -2.23. The Balaban J connectivity index is 1.90. The third-order valence-electron chi connectivity index (χ3n) is 7.35. The van der Waals surface area contributed by atoms with E-state index in [2.05, 4.69) is 24.1 Å². The molecule has 0 spiro atoms.